The Balaban J connectivity index is 0.00000225. The van der Waals surface area contributed by atoms with Crippen LogP contribution in [0.25, 0.3) is 0 Å². The molecular weight excluding hydrogens is 428 g/mol. The third kappa shape index (κ3) is 5.42. The number of guanidine groups is 1. The second-order valence-electron chi connectivity index (χ2n) is 6.38. The molecule has 0 radical (unpaired) electrons. The summed E-state index contributed by atoms with van der Waals surface area (Å²) < 4.78 is 13.1. The minimum absolute atomic E-state index is 0. The highest BCUT2D eigenvalue weighted by Crippen LogP contribution is 2.47. The average molecular weight is 453 g/mol. The summed E-state index contributed by atoms with van der Waals surface area (Å²) in [5, 5.41) is 6.77. The van der Waals surface area contributed by atoms with Crippen molar-refractivity contribution in [3.63, 3.8) is 0 Å². The average Bonchev–Trinajstić information content (AvgIpc) is 3.40. The van der Waals surface area contributed by atoms with Crippen molar-refractivity contribution in [2.24, 2.45) is 4.99 Å². The molecule has 5 heteroatoms. The van der Waals surface area contributed by atoms with E-state index < -0.39 is 0 Å². The van der Waals surface area contributed by atoms with Gasteiger partial charge in [0.2, 0.25) is 0 Å². The summed E-state index contributed by atoms with van der Waals surface area (Å²) in [4.78, 5) is 4.29. The van der Waals surface area contributed by atoms with Crippen molar-refractivity contribution in [2.75, 3.05) is 20.1 Å². The monoisotopic (exact) mass is 453 g/mol. The lowest BCUT2D eigenvalue weighted by atomic mass is 9.96. The van der Waals surface area contributed by atoms with Gasteiger partial charge in [-0.15, -0.1) is 24.0 Å². The Bertz CT molecular complexity index is 682. The third-order valence-corrected chi connectivity index (χ3v) is 4.68. The van der Waals surface area contributed by atoms with Crippen LogP contribution in [0.4, 0.5) is 4.39 Å². The van der Waals surface area contributed by atoms with Crippen molar-refractivity contribution in [1.29, 1.82) is 0 Å². The SMILES string of the molecule is CN=C(NCCc1ccccc1)NCC1(c2ccc(F)cc2)CC1.I. The van der Waals surface area contributed by atoms with E-state index in [-0.39, 0.29) is 35.2 Å². The van der Waals surface area contributed by atoms with Gasteiger partial charge in [0.25, 0.3) is 0 Å². The molecule has 25 heavy (non-hydrogen) atoms. The predicted molar refractivity (Wildman–Crippen MR) is 112 cm³/mol. The summed E-state index contributed by atoms with van der Waals surface area (Å²) in [5.74, 6) is 0.639. The molecule has 134 valence electrons. The Morgan fingerprint density at radius 1 is 1.04 bits per heavy atom. The van der Waals surface area contributed by atoms with E-state index in [1.165, 1.54) is 11.1 Å². The molecule has 0 amide bonds. The Morgan fingerprint density at radius 2 is 1.72 bits per heavy atom. The lowest BCUT2D eigenvalue weighted by Crippen LogP contribution is -2.41. The van der Waals surface area contributed by atoms with Gasteiger partial charge >= 0.3 is 0 Å². The fourth-order valence-electron chi connectivity index (χ4n) is 2.97. The number of rotatable bonds is 6. The van der Waals surface area contributed by atoms with Crippen LogP contribution in [0.15, 0.2) is 59.6 Å². The number of nitrogens with one attached hydrogen (secondary N) is 2. The summed E-state index contributed by atoms with van der Waals surface area (Å²) in [6.07, 6.45) is 3.23. The van der Waals surface area contributed by atoms with Crippen molar-refractivity contribution in [1.82, 2.24) is 10.6 Å². The topological polar surface area (TPSA) is 36.4 Å². The van der Waals surface area contributed by atoms with Gasteiger partial charge in [-0.3, -0.25) is 4.99 Å². The number of halogens is 2. The van der Waals surface area contributed by atoms with Crippen LogP contribution in [-0.4, -0.2) is 26.1 Å². The van der Waals surface area contributed by atoms with E-state index in [1.807, 2.05) is 18.2 Å². The lowest BCUT2D eigenvalue weighted by molar-refractivity contribution is 0.617. The molecule has 0 heterocycles. The highest BCUT2D eigenvalue weighted by Gasteiger charge is 2.44. The van der Waals surface area contributed by atoms with E-state index in [4.69, 9.17) is 0 Å². The summed E-state index contributed by atoms with van der Waals surface area (Å²) in [6.45, 7) is 1.66. The lowest BCUT2D eigenvalue weighted by Gasteiger charge is -2.19. The zero-order valence-electron chi connectivity index (χ0n) is 14.5. The van der Waals surface area contributed by atoms with E-state index in [2.05, 4.69) is 39.9 Å². The normalized spacial score (nSPS) is 15.2. The zero-order valence-corrected chi connectivity index (χ0v) is 16.8. The Kier molecular flexibility index (Phi) is 7.23. The van der Waals surface area contributed by atoms with Crippen LogP contribution in [-0.2, 0) is 11.8 Å². The quantitative estimate of drug-likeness (QED) is 0.396. The molecule has 0 saturated heterocycles. The van der Waals surface area contributed by atoms with Gasteiger partial charge in [-0.05, 0) is 42.5 Å². The molecule has 1 aliphatic carbocycles. The first-order chi connectivity index (χ1) is 11.7. The van der Waals surface area contributed by atoms with E-state index in [1.54, 1.807) is 19.2 Å². The van der Waals surface area contributed by atoms with Crippen LogP contribution in [0.1, 0.15) is 24.0 Å². The van der Waals surface area contributed by atoms with Gasteiger partial charge in [0.05, 0.1) is 0 Å². The predicted octanol–water partition coefficient (Wildman–Crippen LogP) is 3.88. The second-order valence-corrected chi connectivity index (χ2v) is 6.38. The molecule has 2 N–H and O–H groups in total. The van der Waals surface area contributed by atoms with E-state index in [0.717, 1.165) is 38.3 Å². The molecule has 1 aliphatic rings. The van der Waals surface area contributed by atoms with E-state index in [0.29, 0.717) is 0 Å². The number of benzene rings is 2. The molecule has 0 aliphatic heterocycles. The highest BCUT2D eigenvalue weighted by molar-refractivity contribution is 14.0. The molecular formula is C20H25FIN3. The maximum absolute atomic E-state index is 13.1. The molecule has 1 fully saturated rings. The fraction of sp³-hybridized carbons (Fsp3) is 0.350. The molecule has 1 saturated carbocycles. The number of hydrogen-bond donors (Lipinski definition) is 2. The molecule has 0 unspecified atom stereocenters. The number of nitrogens with zero attached hydrogens (tertiary/aromatic N) is 1. The van der Waals surface area contributed by atoms with Crippen LogP contribution in [0.3, 0.4) is 0 Å². The summed E-state index contributed by atoms with van der Waals surface area (Å²) in [7, 11) is 1.79. The molecule has 2 aromatic carbocycles. The van der Waals surface area contributed by atoms with Crippen LogP contribution < -0.4 is 10.6 Å². The van der Waals surface area contributed by atoms with Crippen LogP contribution >= 0.6 is 24.0 Å². The highest BCUT2D eigenvalue weighted by atomic mass is 127. The van der Waals surface area contributed by atoms with Crippen molar-refractivity contribution < 1.29 is 4.39 Å². The Morgan fingerprint density at radius 3 is 2.32 bits per heavy atom. The fourth-order valence-corrected chi connectivity index (χ4v) is 2.97. The minimum Gasteiger partial charge on any atom is -0.356 e. The molecule has 0 atom stereocenters. The molecule has 0 spiro atoms. The molecule has 0 bridgehead atoms. The van der Waals surface area contributed by atoms with Crippen molar-refractivity contribution in [2.45, 2.75) is 24.7 Å². The van der Waals surface area contributed by atoms with Crippen molar-refractivity contribution in [3.05, 3.63) is 71.5 Å². The van der Waals surface area contributed by atoms with Crippen LogP contribution in [0.2, 0.25) is 0 Å². The van der Waals surface area contributed by atoms with Crippen molar-refractivity contribution in [3.8, 4) is 0 Å². The first-order valence-electron chi connectivity index (χ1n) is 8.46. The minimum atomic E-state index is -0.180. The van der Waals surface area contributed by atoms with E-state index >= 15 is 0 Å². The van der Waals surface area contributed by atoms with Gasteiger partial charge in [-0.1, -0.05) is 42.5 Å². The van der Waals surface area contributed by atoms with Gasteiger partial charge in [0.1, 0.15) is 5.82 Å². The molecule has 2 aromatic rings. The third-order valence-electron chi connectivity index (χ3n) is 4.68. The first-order valence-corrected chi connectivity index (χ1v) is 8.46. The van der Waals surface area contributed by atoms with Crippen LogP contribution in [0.5, 0.6) is 0 Å². The van der Waals surface area contributed by atoms with Gasteiger partial charge in [-0.2, -0.15) is 0 Å². The molecule has 3 rings (SSSR count). The van der Waals surface area contributed by atoms with Crippen LogP contribution in [0, 0.1) is 5.82 Å². The van der Waals surface area contributed by atoms with Gasteiger partial charge in [0, 0.05) is 25.6 Å². The van der Waals surface area contributed by atoms with Gasteiger partial charge < -0.3 is 10.6 Å². The molecule has 0 aromatic heterocycles. The molecule has 3 nitrogen and oxygen atoms in total. The van der Waals surface area contributed by atoms with Gasteiger partial charge in [-0.25, -0.2) is 4.39 Å². The summed E-state index contributed by atoms with van der Waals surface area (Å²) in [5.41, 5.74) is 2.65. The van der Waals surface area contributed by atoms with Crippen molar-refractivity contribution >= 4 is 29.9 Å². The standard InChI is InChI=1S/C20H24FN3.HI/c1-22-19(23-14-11-16-5-3-2-4-6-16)24-15-20(12-13-20)17-7-9-18(21)10-8-17;/h2-10H,11-15H2,1H3,(H2,22,23,24);1H. The summed E-state index contributed by atoms with van der Waals surface area (Å²) in [6, 6.07) is 17.3. The number of hydrogen-bond acceptors (Lipinski definition) is 1. The smallest absolute Gasteiger partial charge is 0.191 e. The Labute approximate surface area is 166 Å². The van der Waals surface area contributed by atoms with E-state index in [9.17, 15) is 4.39 Å². The largest absolute Gasteiger partial charge is 0.356 e. The zero-order chi connectivity index (χ0) is 16.8. The maximum atomic E-state index is 13.1. The van der Waals surface area contributed by atoms with Gasteiger partial charge in [0.15, 0.2) is 5.96 Å². The second kappa shape index (κ2) is 9.17. The maximum Gasteiger partial charge on any atom is 0.191 e. The first kappa shape index (κ1) is 19.7. The Hall–Kier alpha value is -1.63. The summed E-state index contributed by atoms with van der Waals surface area (Å²) >= 11 is 0. The number of aliphatic imine (C=N–C) groups is 1.